The zero-order valence-corrected chi connectivity index (χ0v) is 10.6. The van der Waals surface area contributed by atoms with Gasteiger partial charge in [0.2, 0.25) is 0 Å². The van der Waals surface area contributed by atoms with Gasteiger partial charge in [0, 0.05) is 18.2 Å². The average Bonchev–Trinajstić information content (AvgIpc) is 2.17. The lowest BCUT2D eigenvalue weighted by Gasteiger charge is -2.16. The van der Waals surface area contributed by atoms with Crippen LogP contribution < -0.4 is 5.32 Å². The van der Waals surface area contributed by atoms with Crippen LogP contribution in [0.1, 0.15) is 31.9 Å². The molecular formula is C13H16F3NO. The van der Waals surface area contributed by atoms with Crippen LogP contribution in [0.15, 0.2) is 18.2 Å². The second-order valence-electron chi connectivity index (χ2n) is 4.55. The highest BCUT2D eigenvalue weighted by Gasteiger charge is 2.31. The van der Waals surface area contributed by atoms with E-state index in [1.807, 2.05) is 13.8 Å². The Kier molecular flexibility index (Phi) is 4.38. The van der Waals surface area contributed by atoms with E-state index >= 15 is 0 Å². The van der Waals surface area contributed by atoms with E-state index in [2.05, 4.69) is 5.32 Å². The monoisotopic (exact) mass is 259 g/mol. The zero-order chi connectivity index (χ0) is 13.9. The van der Waals surface area contributed by atoms with Gasteiger partial charge in [-0.2, -0.15) is 13.2 Å². The summed E-state index contributed by atoms with van der Waals surface area (Å²) in [7, 11) is 0. The van der Waals surface area contributed by atoms with Gasteiger partial charge in [0.15, 0.2) is 0 Å². The Morgan fingerprint density at radius 2 is 1.94 bits per heavy atom. The fourth-order valence-corrected chi connectivity index (χ4v) is 1.62. The van der Waals surface area contributed by atoms with Crippen LogP contribution in [0.4, 0.5) is 18.9 Å². The first-order chi connectivity index (χ1) is 8.20. The predicted octanol–water partition coefficient (Wildman–Crippen LogP) is 3.66. The second kappa shape index (κ2) is 5.42. The minimum absolute atomic E-state index is 0.000748. The molecule has 100 valence electrons. The van der Waals surface area contributed by atoms with Gasteiger partial charge in [-0.05, 0) is 38.5 Å². The van der Waals surface area contributed by atoms with E-state index in [1.54, 1.807) is 0 Å². The fraction of sp³-hybridized carbons (Fsp3) is 0.462. The number of carbonyl (C=O) groups excluding carboxylic acids is 1. The number of Topliss-reactive ketones (excluding diaryl/α,β-unsaturated/α-hetero) is 1. The Balaban J connectivity index is 3.16. The maximum absolute atomic E-state index is 12.6. The Morgan fingerprint density at radius 3 is 2.39 bits per heavy atom. The molecule has 0 amide bonds. The number of rotatable bonds is 4. The van der Waals surface area contributed by atoms with Crippen molar-refractivity contribution in [2.45, 2.75) is 39.4 Å². The summed E-state index contributed by atoms with van der Waals surface area (Å²) in [6.07, 6.45) is -4.24. The third kappa shape index (κ3) is 4.05. The lowest BCUT2D eigenvalue weighted by Crippen LogP contribution is -2.14. The number of alkyl halides is 3. The summed E-state index contributed by atoms with van der Waals surface area (Å²) in [5, 5.41) is 2.94. The average molecular weight is 259 g/mol. The van der Waals surface area contributed by atoms with Crippen LogP contribution in [0.3, 0.4) is 0 Å². The molecule has 2 nitrogen and oxygen atoms in total. The van der Waals surface area contributed by atoms with Crippen molar-refractivity contribution in [2.75, 3.05) is 5.32 Å². The van der Waals surface area contributed by atoms with Gasteiger partial charge in [0.25, 0.3) is 0 Å². The Labute approximate surface area is 104 Å². The molecule has 0 atom stereocenters. The summed E-state index contributed by atoms with van der Waals surface area (Å²) >= 11 is 0. The first-order valence-electron chi connectivity index (χ1n) is 5.66. The number of anilines is 1. The molecule has 0 spiro atoms. The highest BCUT2D eigenvalue weighted by molar-refractivity contribution is 5.80. The first kappa shape index (κ1) is 14.5. The van der Waals surface area contributed by atoms with E-state index in [9.17, 15) is 18.0 Å². The predicted molar refractivity (Wildman–Crippen MR) is 64.6 cm³/mol. The van der Waals surface area contributed by atoms with Gasteiger partial charge in [-0.15, -0.1) is 0 Å². The summed E-state index contributed by atoms with van der Waals surface area (Å²) < 4.78 is 37.8. The molecule has 0 bridgehead atoms. The molecule has 1 aromatic carbocycles. The third-order valence-electron chi connectivity index (χ3n) is 2.32. The molecule has 0 saturated heterocycles. The zero-order valence-electron chi connectivity index (χ0n) is 10.6. The van der Waals surface area contributed by atoms with Gasteiger partial charge >= 0.3 is 6.18 Å². The van der Waals surface area contributed by atoms with Crippen molar-refractivity contribution in [3.63, 3.8) is 0 Å². The van der Waals surface area contributed by atoms with E-state index in [0.717, 1.165) is 12.1 Å². The van der Waals surface area contributed by atoms with Crippen LogP contribution in [0.25, 0.3) is 0 Å². The highest BCUT2D eigenvalue weighted by Crippen LogP contribution is 2.32. The molecule has 1 rings (SSSR count). The van der Waals surface area contributed by atoms with E-state index in [-0.39, 0.29) is 18.2 Å². The number of halogens is 3. The topological polar surface area (TPSA) is 29.1 Å². The lowest BCUT2D eigenvalue weighted by atomic mass is 10.0. The number of carbonyl (C=O) groups is 1. The van der Waals surface area contributed by atoms with Crippen molar-refractivity contribution in [2.24, 2.45) is 0 Å². The largest absolute Gasteiger partial charge is 0.416 e. The van der Waals surface area contributed by atoms with Crippen molar-refractivity contribution in [3.05, 3.63) is 29.3 Å². The molecular weight excluding hydrogens is 243 g/mol. The van der Waals surface area contributed by atoms with Crippen molar-refractivity contribution in [1.82, 2.24) is 0 Å². The number of ketones is 1. The summed E-state index contributed by atoms with van der Waals surface area (Å²) in [6.45, 7) is 5.08. The first-order valence-corrected chi connectivity index (χ1v) is 5.66. The van der Waals surface area contributed by atoms with Crippen LogP contribution in [0.5, 0.6) is 0 Å². The molecule has 1 N–H and O–H groups in total. The van der Waals surface area contributed by atoms with E-state index in [4.69, 9.17) is 0 Å². The van der Waals surface area contributed by atoms with E-state index in [0.29, 0.717) is 11.3 Å². The maximum Gasteiger partial charge on any atom is 0.416 e. The molecule has 0 fully saturated rings. The van der Waals surface area contributed by atoms with Crippen molar-refractivity contribution in [3.8, 4) is 0 Å². The molecule has 0 aromatic heterocycles. The molecule has 0 saturated carbocycles. The number of benzene rings is 1. The quantitative estimate of drug-likeness (QED) is 0.894. The summed E-state index contributed by atoms with van der Waals surface area (Å²) in [5.41, 5.74) is 0.247. The fourth-order valence-electron chi connectivity index (χ4n) is 1.62. The molecule has 1 aromatic rings. The van der Waals surface area contributed by atoms with Crippen LogP contribution in [-0.2, 0) is 17.4 Å². The standard InChI is InChI=1S/C13H16F3NO/c1-8(2)17-12-7-11(13(14,15)16)5-4-10(12)6-9(3)18/h4-5,7-8,17H,6H2,1-3H3. The molecule has 0 unspecified atom stereocenters. The third-order valence-corrected chi connectivity index (χ3v) is 2.32. The molecule has 0 aliphatic carbocycles. The Hall–Kier alpha value is -1.52. The van der Waals surface area contributed by atoms with Gasteiger partial charge in [0.1, 0.15) is 5.78 Å². The number of nitrogens with one attached hydrogen (secondary N) is 1. The van der Waals surface area contributed by atoms with Gasteiger partial charge in [-0.1, -0.05) is 6.07 Å². The minimum atomic E-state index is -4.37. The molecule has 5 heteroatoms. The van der Waals surface area contributed by atoms with Gasteiger partial charge < -0.3 is 5.32 Å². The van der Waals surface area contributed by atoms with Gasteiger partial charge in [-0.25, -0.2) is 0 Å². The van der Waals surface area contributed by atoms with Crippen molar-refractivity contribution in [1.29, 1.82) is 0 Å². The summed E-state index contributed by atoms with van der Waals surface area (Å²) in [4.78, 5) is 11.1. The van der Waals surface area contributed by atoms with Crippen LogP contribution in [-0.4, -0.2) is 11.8 Å². The number of hydrogen-bond donors (Lipinski definition) is 1. The molecule has 0 aliphatic rings. The van der Waals surface area contributed by atoms with E-state index in [1.165, 1.54) is 13.0 Å². The molecule has 0 heterocycles. The van der Waals surface area contributed by atoms with Crippen LogP contribution >= 0.6 is 0 Å². The van der Waals surface area contributed by atoms with Gasteiger partial charge in [-0.3, -0.25) is 4.79 Å². The van der Waals surface area contributed by atoms with Crippen LogP contribution in [0, 0.1) is 0 Å². The van der Waals surface area contributed by atoms with Gasteiger partial charge in [0.05, 0.1) is 5.56 Å². The van der Waals surface area contributed by atoms with E-state index < -0.39 is 11.7 Å². The maximum atomic E-state index is 12.6. The Morgan fingerprint density at radius 1 is 1.33 bits per heavy atom. The number of hydrogen-bond acceptors (Lipinski definition) is 2. The smallest absolute Gasteiger partial charge is 0.383 e. The van der Waals surface area contributed by atoms with Crippen molar-refractivity contribution < 1.29 is 18.0 Å². The minimum Gasteiger partial charge on any atom is -0.383 e. The molecule has 0 radical (unpaired) electrons. The molecule has 0 aliphatic heterocycles. The molecule has 18 heavy (non-hydrogen) atoms. The van der Waals surface area contributed by atoms with Crippen LogP contribution in [0.2, 0.25) is 0 Å². The lowest BCUT2D eigenvalue weighted by molar-refractivity contribution is -0.137. The second-order valence-corrected chi connectivity index (χ2v) is 4.55. The summed E-state index contributed by atoms with van der Waals surface area (Å²) in [5.74, 6) is -0.0819. The highest BCUT2D eigenvalue weighted by atomic mass is 19.4. The van der Waals surface area contributed by atoms with Crippen molar-refractivity contribution >= 4 is 11.5 Å². The Bertz CT molecular complexity index is 438. The normalized spacial score (nSPS) is 11.7. The SMILES string of the molecule is CC(=O)Cc1ccc(C(F)(F)F)cc1NC(C)C. The summed E-state index contributed by atoms with van der Waals surface area (Å²) in [6, 6.07) is 3.41.